The molecule has 6 heteroatoms. The lowest BCUT2D eigenvalue weighted by Gasteiger charge is -2.24. The van der Waals surface area contributed by atoms with Gasteiger partial charge in [-0.1, -0.05) is 31.4 Å². The number of hydrogen-bond acceptors (Lipinski definition) is 3. The van der Waals surface area contributed by atoms with E-state index in [-0.39, 0.29) is 18.0 Å². The van der Waals surface area contributed by atoms with Gasteiger partial charge in [-0.25, -0.2) is 4.79 Å². The Kier molecular flexibility index (Phi) is 7.57. The molecule has 2 N–H and O–H groups in total. The second-order valence-electron chi connectivity index (χ2n) is 6.52. The minimum atomic E-state index is -0.139. The molecule has 3 amide bonds. The van der Waals surface area contributed by atoms with Crippen LogP contribution in [0.3, 0.4) is 0 Å². The van der Waals surface area contributed by atoms with Crippen LogP contribution in [0.5, 0.6) is 5.75 Å². The summed E-state index contributed by atoms with van der Waals surface area (Å²) in [4.78, 5) is 25.5. The molecule has 0 heterocycles. The molecular weight excluding hydrogens is 318 g/mol. The van der Waals surface area contributed by atoms with E-state index in [1.165, 1.54) is 19.3 Å². The SMILES string of the molecule is COc1ccc(CN(CCNC(=O)NC2CCCCC2)C(C)=O)cc1. The Morgan fingerprint density at radius 3 is 2.44 bits per heavy atom. The molecular formula is C19H29N3O3. The Morgan fingerprint density at radius 2 is 1.84 bits per heavy atom. The number of hydrogen-bond donors (Lipinski definition) is 2. The Morgan fingerprint density at radius 1 is 1.16 bits per heavy atom. The molecule has 0 radical (unpaired) electrons. The summed E-state index contributed by atoms with van der Waals surface area (Å²) in [6.45, 7) is 2.99. The van der Waals surface area contributed by atoms with Crippen LogP contribution in [0.15, 0.2) is 24.3 Å². The van der Waals surface area contributed by atoms with Crippen LogP contribution in [0.4, 0.5) is 4.79 Å². The highest BCUT2D eigenvalue weighted by atomic mass is 16.5. The molecule has 0 spiro atoms. The van der Waals surface area contributed by atoms with Crippen LogP contribution in [-0.2, 0) is 11.3 Å². The third kappa shape index (κ3) is 6.64. The lowest BCUT2D eigenvalue weighted by molar-refractivity contribution is -0.129. The lowest BCUT2D eigenvalue weighted by Crippen LogP contribution is -2.45. The highest BCUT2D eigenvalue weighted by Crippen LogP contribution is 2.17. The van der Waals surface area contributed by atoms with Crippen LogP contribution in [0, 0.1) is 0 Å². The predicted octanol–water partition coefficient (Wildman–Crippen LogP) is 2.68. The highest BCUT2D eigenvalue weighted by molar-refractivity contribution is 5.75. The number of amides is 3. The van der Waals surface area contributed by atoms with Crippen molar-refractivity contribution < 1.29 is 14.3 Å². The van der Waals surface area contributed by atoms with Crippen LogP contribution in [-0.4, -0.2) is 43.1 Å². The number of carbonyl (C=O) groups is 2. The van der Waals surface area contributed by atoms with Gasteiger partial charge in [-0.3, -0.25) is 4.79 Å². The number of urea groups is 1. The van der Waals surface area contributed by atoms with Gasteiger partial charge in [0.25, 0.3) is 0 Å². The van der Waals surface area contributed by atoms with Crippen LogP contribution in [0.25, 0.3) is 0 Å². The third-order valence-electron chi connectivity index (χ3n) is 4.59. The second kappa shape index (κ2) is 9.91. The van der Waals surface area contributed by atoms with Gasteiger partial charge in [0.1, 0.15) is 5.75 Å². The van der Waals surface area contributed by atoms with Crippen molar-refractivity contribution in [3.63, 3.8) is 0 Å². The van der Waals surface area contributed by atoms with Crippen LogP contribution >= 0.6 is 0 Å². The van der Waals surface area contributed by atoms with E-state index in [1.807, 2.05) is 24.3 Å². The van der Waals surface area contributed by atoms with E-state index in [1.54, 1.807) is 18.9 Å². The summed E-state index contributed by atoms with van der Waals surface area (Å²) in [7, 11) is 1.63. The van der Waals surface area contributed by atoms with Gasteiger partial charge in [0.2, 0.25) is 5.91 Å². The van der Waals surface area contributed by atoms with Crippen molar-refractivity contribution in [2.24, 2.45) is 0 Å². The summed E-state index contributed by atoms with van der Waals surface area (Å²) >= 11 is 0. The second-order valence-corrected chi connectivity index (χ2v) is 6.52. The van der Waals surface area contributed by atoms with E-state index < -0.39 is 0 Å². The smallest absolute Gasteiger partial charge is 0.315 e. The van der Waals surface area contributed by atoms with E-state index >= 15 is 0 Å². The fourth-order valence-electron chi connectivity index (χ4n) is 3.09. The minimum Gasteiger partial charge on any atom is -0.497 e. The topological polar surface area (TPSA) is 70.7 Å². The third-order valence-corrected chi connectivity index (χ3v) is 4.59. The summed E-state index contributed by atoms with van der Waals surface area (Å²) in [5.74, 6) is 0.782. The Hall–Kier alpha value is -2.24. The van der Waals surface area contributed by atoms with Crippen LogP contribution in [0.1, 0.15) is 44.6 Å². The molecule has 6 nitrogen and oxygen atoms in total. The average Bonchev–Trinajstić information content (AvgIpc) is 2.62. The molecule has 1 fully saturated rings. The van der Waals surface area contributed by atoms with Crippen molar-refractivity contribution in [3.8, 4) is 5.75 Å². The van der Waals surface area contributed by atoms with Gasteiger partial charge >= 0.3 is 6.03 Å². The maximum atomic E-state index is 12.0. The first-order valence-electron chi connectivity index (χ1n) is 9.01. The average molecular weight is 347 g/mol. The lowest BCUT2D eigenvalue weighted by atomic mass is 9.96. The van der Waals surface area contributed by atoms with Gasteiger partial charge in [-0.15, -0.1) is 0 Å². The predicted molar refractivity (Wildman–Crippen MR) is 97.5 cm³/mol. The first kappa shape index (κ1) is 19.1. The highest BCUT2D eigenvalue weighted by Gasteiger charge is 2.16. The zero-order chi connectivity index (χ0) is 18.1. The maximum Gasteiger partial charge on any atom is 0.315 e. The van der Waals surface area contributed by atoms with E-state index in [0.29, 0.717) is 19.6 Å². The Bertz CT molecular complexity index is 554. The summed E-state index contributed by atoms with van der Waals surface area (Å²) in [5, 5.41) is 5.87. The van der Waals surface area contributed by atoms with Gasteiger partial charge in [0.05, 0.1) is 7.11 Å². The molecule has 1 aliphatic carbocycles. The quantitative estimate of drug-likeness (QED) is 0.797. The van der Waals surface area contributed by atoms with Crippen molar-refractivity contribution in [1.29, 1.82) is 0 Å². The van der Waals surface area contributed by atoms with Gasteiger partial charge in [-0.05, 0) is 30.5 Å². The molecule has 0 aliphatic heterocycles. The molecule has 1 saturated carbocycles. The number of nitrogens with zero attached hydrogens (tertiary/aromatic N) is 1. The first-order valence-corrected chi connectivity index (χ1v) is 9.01. The zero-order valence-corrected chi connectivity index (χ0v) is 15.2. The van der Waals surface area contributed by atoms with Gasteiger partial charge in [-0.2, -0.15) is 0 Å². The van der Waals surface area contributed by atoms with Gasteiger partial charge in [0.15, 0.2) is 0 Å². The molecule has 1 aliphatic rings. The standard InChI is InChI=1S/C19H29N3O3/c1-15(23)22(14-16-8-10-18(25-2)11-9-16)13-12-20-19(24)21-17-6-4-3-5-7-17/h8-11,17H,3-7,12-14H2,1-2H3,(H2,20,21,24). The maximum absolute atomic E-state index is 12.0. The fraction of sp³-hybridized carbons (Fsp3) is 0.579. The molecule has 1 aromatic rings. The Labute approximate surface area is 149 Å². The number of ether oxygens (including phenoxy) is 1. The molecule has 0 unspecified atom stereocenters. The molecule has 0 saturated heterocycles. The Balaban J connectivity index is 1.74. The number of rotatable bonds is 7. The largest absolute Gasteiger partial charge is 0.497 e. The van der Waals surface area contributed by atoms with E-state index in [2.05, 4.69) is 10.6 Å². The normalized spacial score (nSPS) is 14.6. The van der Waals surface area contributed by atoms with Crippen molar-refractivity contribution >= 4 is 11.9 Å². The van der Waals surface area contributed by atoms with Gasteiger partial charge in [0, 0.05) is 32.6 Å². The fourth-order valence-corrected chi connectivity index (χ4v) is 3.09. The molecule has 0 atom stereocenters. The minimum absolute atomic E-state index is 0.00898. The van der Waals surface area contributed by atoms with Gasteiger partial charge < -0.3 is 20.3 Å². The zero-order valence-electron chi connectivity index (χ0n) is 15.2. The van der Waals surface area contributed by atoms with Crippen LogP contribution < -0.4 is 15.4 Å². The first-order chi connectivity index (χ1) is 12.1. The molecule has 0 aromatic heterocycles. The van der Waals surface area contributed by atoms with Crippen molar-refractivity contribution in [2.75, 3.05) is 20.2 Å². The molecule has 25 heavy (non-hydrogen) atoms. The molecule has 0 bridgehead atoms. The number of nitrogens with one attached hydrogen (secondary N) is 2. The van der Waals surface area contributed by atoms with Crippen LogP contribution in [0.2, 0.25) is 0 Å². The van der Waals surface area contributed by atoms with Crippen molar-refractivity contribution in [3.05, 3.63) is 29.8 Å². The van der Waals surface area contributed by atoms with Crippen molar-refractivity contribution in [2.45, 2.75) is 51.6 Å². The molecule has 1 aromatic carbocycles. The van der Waals surface area contributed by atoms with E-state index in [4.69, 9.17) is 4.74 Å². The molecule has 138 valence electrons. The monoisotopic (exact) mass is 347 g/mol. The summed E-state index contributed by atoms with van der Waals surface area (Å²) in [6, 6.07) is 7.79. The van der Waals surface area contributed by atoms with Crippen molar-refractivity contribution in [1.82, 2.24) is 15.5 Å². The number of carbonyl (C=O) groups excluding carboxylic acids is 2. The number of methoxy groups -OCH3 is 1. The summed E-state index contributed by atoms with van der Waals surface area (Å²) < 4.78 is 5.14. The summed E-state index contributed by atoms with van der Waals surface area (Å²) in [6.07, 6.45) is 5.75. The van der Waals surface area contributed by atoms with E-state index in [0.717, 1.165) is 24.2 Å². The molecule has 2 rings (SSSR count). The number of benzene rings is 1. The van der Waals surface area contributed by atoms with E-state index in [9.17, 15) is 9.59 Å². The summed E-state index contributed by atoms with van der Waals surface area (Å²) in [5.41, 5.74) is 1.03.